The van der Waals surface area contributed by atoms with Gasteiger partial charge in [0.15, 0.2) is 0 Å². The van der Waals surface area contributed by atoms with Gasteiger partial charge in [0, 0.05) is 22.5 Å². The van der Waals surface area contributed by atoms with E-state index in [0.29, 0.717) is 9.92 Å². The van der Waals surface area contributed by atoms with Gasteiger partial charge in [0.1, 0.15) is 0 Å². The summed E-state index contributed by atoms with van der Waals surface area (Å²) in [7, 11) is 0. The van der Waals surface area contributed by atoms with E-state index in [4.69, 9.17) is 11.6 Å². The molecule has 1 fully saturated rings. The lowest BCUT2D eigenvalue weighted by Crippen LogP contribution is -2.32. The maximum absolute atomic E-state index is 12.7. The number of halogens is 1. The minimum Gasteiger partial charge on any atom is -0.321 e. The van der Waals surface area contributed by atoms with E-state index in [9.17, 15) is 4.79 Å². The first-order chi connectivity index (χ1) is 11.7. The molecule has 1 unspecified atom stereocenters. The Kier molecular flexibility index (Phi) is 4.30. The Morgan fingerprint density at radius 1 is 1.12 bits per heavy atom. The van der Waals surface area contributed by atoms with E-state index in [1.165, 1.54) is 11.8 Å². The molecule has 0 spiro atoms. The molecule has 1 saturated heterocycles. The fraction of sp³-hybridized carbons (Fsp3) is 0.118. The van der Waals surface area contributed by atoms with Crippen molar-refractivity contribution in [3.05, 3.63) is 63.9 Å². The summed E-state index contributed by atoms with van der Waals surface area (Å²) in [5, 5.41) is 1.65. The molecule has 0 aliphatic carbocycles. The van der Waals surface area contributed by atoms with Crippen LogP contribution in [0.15, 0.2) is 58.2 Å². The highest BCUT2D eigenvalue weighted by molar-refractivity contribution is 8.00. The van der Waals surface area contributed by atoms with Crippen LogP contribution < -0.4 is 21.9 Å². The van der Waals surface area contributed by atoms with Crippen molar-refractivity contribution in [1.82, 2.24) is 21.4 Å². The van der Waals surface area contributed by atoms with Gasteiger partial charge in [-0.15, -0.1) is 0 Å². The van der Waals surface area contributed by atoms with Gasteiger partial charge in [0.05, 0.1) is 15.8 Å². The molecule has 1 aliphatic heterocycles. The van der Waals surface area contributed by atoms with Gasteiger partial charge in [-0.2, -0.15) is 5.53 Å². The van der Waals surface area contributed by atoms with Gasteiger partial charge < -0.3 is 4.98 Å². The Bertz CT molecular complexity index is 938. The Morgan fingerprint density at radius 2 is 1.96 bits per heavy atom. The molecule has 0 saturated carbocycles. The Morgan fingerprint density at radius 3 is 2.71 bits per heavy atom. The van der Waals surface area contributed by atoms with Gasteiger partial charge >= 0.3 is 0 Å². The Hall–Kier alpha value is -1.83. The normalized spacial score (nSPS) is 17.5. The molecule has 1 aromatic heterocycles. The number of pyridine rings is 1. The number of benzene rings is 2. The second kappa shape index (κ2) is 6.58. The monoisotopic (exact) mass is 358 g/mol. The molecular formula is C17H15ClN4OS. The molecule has 0 radical (unpaired) electrons. The number of hydrogen-bond donors (Lipinski definition) is 4. The molecule has 2 heterocycles. The topological polar surface area (TPSA) is 69.0 Å². The Balaban J connectivity index is 1.97. The number of rotatable bonds is 3. The van der Waals surface area contributed by atoms with Gasteiger partial charge in [0.25, 0.3) is 5.56 Å². The van der Waals surface area contributed by atoms with Crippen LogP contribution in [0, 0.1) is 0 Å². The summed E-state index contributed by atoms with van der Waals surface area (Å²) in [5.74, 6) is 0. The van der Waals surface area contributed by atoms with Crippen LogP contribution >= 0.6 is 23.4 Å². The van der Waals surface area contributed by atoms with Crippen LogP contribution in [0.2, 0.25) is 5.02 Å². The van der Waals surface area contributed by atoms with Crippen molar-refractivity contribution < 1.29 is 0 Å². The first-order valence-electron chi connectivity index (χ1n) is 7.53. The average molecular weight is 359 g/mol. The fourth-order valence-corrected chi connectivity index (χ4v) is 4.04. The minimum atomic E-state index is -0.109. The van der Waals surface area contributed by atoms with E-state index in [1.807, 2.05) is 42.5 Å². The lowest BCUT2D eigenvalue weighted by molar-refractivity contribution is 0.587. The first-order valence-corrected chi connectivity index (χ1v) is 8.79. The van der Waals surface area contributed by atoms with Crippen molar-refractivity contribution in [1.29, 1.82) is 0 Å². The van der Waals surface area contributed by atoms with Crippen molar-refractivity contribution in [2.24, 2.45) is 0 Å². The molecule has 4 N–H and O–H groups in total. The van der Waals surface area contributed by atoms with Gasteiger partial charge in [0.2, 0.25) is 0 Å². The van der Waals surface area contributed by atoms with Crippen LogP contribution in [0.4, 0.5) is 0 Å². The number of hydrazine groups is 2. The molecule has 7 heteroatoms. The molecule has 5 nitrogen and oxygen atoms in total. The van der Waals surface area contributed by atoms with Gasteiger partial charge in [-0.1, -0.05) is 59.8 Å². The number of H-pyrrole nitrogens is 1. The first kappa shape index (κ1) is 15.7. The summed E-state index contributed by atoms with van der Waals surface area (Å²) in [5.41, 5.74) is 11.5. The maximum atomic E-state index is 12.7. The van der Waals surface area contributed by atoms with Crippen LogP contribution in [0.5, 0.6) is 0 Å². The predicted octanol–water partition coefficient (Wildman–Crippen LogP) is 2.88. The molecular weight excluding hydrogens is 344 g/mol. The van der Waals surface area contributed by atoms with Crippen molar-refractivity contribution in [2.45, 2.75) is 10.3 Å². The fourth-order valence-electron chi connectivity index (χ4n) is 2.80. The zero-order chi connectivity index (χ0) is 16.5. The predicted molar refractivity (Wildman–Crippen MR) is 98.9 cm³/mol. The lowest BCUT2D eigenvalue weighted by Gasteiger charge is -2.15. The van der Waals surface area contributed by atoms with Gasteiger partial charge in [-0.3, -0.25) is 4.79 Å². The smallest absolute Gasteiger partial charge is 0.262 e. The van der Waals surface area contributed by atoms with E-state index < -0.39 is 0 Å². The number of nitrogens with one attached hydrogen (secondary N) is 4. The van der Waals surface area contributed by atoms with E-state index in [2.05, 4.69) is 21.4 Å². The molecule has 3 aromatic rings. The number of fused-ring (bicyclic) bond motifs is 1. The quantitative estimate of drug-likeness (QED) is 0.579. The van der Waals surface area contributed by atoms with Crippen LogP contribution in [0.25, 0.3) is 22.0 Å². The van der Waals surface area contributed by atoms with Crippen molar-refractivity contribution in [3.63, 3.8) is 0 Å². The molecule has 4 rings (SSSR count). The number of hydrogen-bond acceptors (Lipinski definition) is 5. The highest BCUT2D eigenvalue weighted by Crippen LogP contribution is 2.36. The van der Waals surface area contributed by atoms with Crippen molar-refractivity contribution >= 4 is 34.3 Å². The highest BCUT2D eigenvalue weighted by atomic mass is 35.5. The maximum Gasteiger partial charge on any atom is 0.262 e. The standard InChI is InChI=1S/C17H15ClN4OS/c18-11-6-7-12-13(8-11)20-17(23)16(24-14-9-19-22-21-14)15(12)10-4-2-1-3-5-10/h1-8,14,19,21-22H,9H2,(H,20,23). The molecule has 0 amide bonds. The third kappa shape index (κ3) is 2.94. The van der Waals surface area contributed by atoms with E-state index in [-0.39, 0.29) is 10.9 Å². The summed E-state index contributed by atoms with van der Waals surface area (Å²) in [6.07, 6.45) is 0. The minimum absolute atomic E-state index is 0.0679. The zero-order valence-corrected chi connectivity index (χ0v) is 14.2. The summed E-state index contributed by atoms with van der Waals surface area (Å²) in [6, 6.07) is 15.5. The summed E-state index contributed by atoms with van der Waals surface area (Å²) in [4.78, 5) is 16.4. The summed E-state index contributed by atoms with van der Waals surface area (Å²) < 4.78 is 0. The molecule has 122 valence electrons. The zero-order valence-electron chi connectivity index (χ0n) is 12.6. The Labute approximate surface area is 147 Å². The molecule has 1 atom stereocenters. The van der Waals surface area contributed by atoms with E-state index in [0.717, 1.165) is 28.6 Å². The second-order valence-electron chi connectivity index (χ2n) is 5.47. The van der Waals surface area contributed by atoms with Crippen LogP contribution in [0.1, 0.15) is 0 Å². The average Bonchev–Trinajstić information content (AvgIpc) is 3.09. The third-order valence-corrected chi connectivity index (χ3v) is 5.29. The van der Waals surface area contributed by atoms with Crippen LogP contribution in [0.3, 0.4) is 0 Å². The van der Waals surface area contributed by atoms with Crippen molar-refractivity contribution in [2.75, 3.05) is 6.54 Å². The molecule has 2 aromatic carbocycles. The SMILES string of the molecule is O=c1[nH]c2cc(Cl)ccc2c(-c2ccccc2)c1SC1CNNN1. The lowest BCUT2D eigenvalue weighted by atomic mass is 10.0. The summed E-state index contributed by atoms with van der Waals surface area (Å²) >= 11 is 7.60. The third-order valence-electron chi connectivity index (χ3n) is 3.86. The number of aromatic amines is 1. The molecule has 0 bridgehead atoms. The molecule has 24 heavy (non-hydrogen) atoms. The van der Waals surface area contributed by atoms with Crippen LogP contribution in [-0.4, -0.2) is 16.9 Å². The highest BCUT2D eigenvalue weighted by Gasteiger charge is 2.21. The van der Waals surface area contributed by atoms with Crippen LogP contribution in [-0.2, 0) is 0 Å². The van der Waals surface area contributed by atoms with E-state index >= 15 is 0 Å². The number of aromatic nitrogens is 1. The van der Waals surface area contributed by atoms with Crippen molar-refractivity contribution in [3.8, 4) is 11.1 Å². The second-order valence-corrected chi connectivity index (χ2v) is 7.12. The van der Waals surface area contributed by atoms with Gasteiger partial charge in [-0.05, 0) is 17.7 Å². The number of thioether (sulfide) groups is 1. The summed E-state index contributed by atoms with van der Waals surface area (Å²) in [6.45, 7) is 0.719. The largest absolute Gasteiger partial charge is 0.321 e. The molecule has 1 aliphatic rings. The van der Waals surface area contributed by atoms with E-state index in [1.54, 1.807) is 6.07 Å². The van der Waals surface area contributed by atoms with Gasteiger partial charge in [-0.25, -0.2) is 10.9 Å².